The van der Waals surface area contributed by atoms with Crippen molar-refractivity contribution < 1.29 is 8.83 Å². The number of rotatable bonds is 3. The molecule has 0 fully saturated rings. The average molecular weight is 742 g/mol. The molecule has 1 aliphatic carbocycles. The molecule has 0 bridgehead atoms. The van der Waals surface area contributed by atoms with E-state index in [0.717, 1.165) is 82.5 Å². The molecule has 0 N–H and O–H groups in total. The minimum Gasteiger partial charge on any atom is -0.455 e. The third-order valence-electron chi connectivity index (χ3n) is 13.0. The van der Waals surface area contributed by atoms with Crippen molar-refractivity contribution in [3.8, 4) is 11.1 Å². The number of fused-ring (bicyclic) bond motifs is 17. The summed E-state index contributed by atoms with van der Waals surface area (Å²) in [6.07, 6.45) is 0. The highest BCUT2D eigenvalue weighted by atomic mass is 16.3. The van der Waals surface area contributed by atoms with Crippen LogP contribution < -0.4 is 4.90 Å². The lowest BCUT2D eigenvalue weighted by Gasteiger charge is -2.28. The zero-order valence-electron chi connectivity index (χ0n) is 32.0. The summed E-state index contributed by atoms with van der Waals surface area (Å²) < 4.78 is 13.2. The lowest BCUT2D eigenvalue weighted by molar-refractivity contribution is 0.660. The minimum absolute atomic E-state index is 0.131. The Morgan fingerprint density at radius 3 is 1.41 bits per heavy atom. The average Bonchev–Trinajstić information content (AvgIpc) is 3.91. The zero-order chi connectivity index (χ0) is 38.3. The van der Waals surface area contributed by atoms with Gasteiger partial charge in [-0.25, -0.2) is 0 Å². The maximum atomic E-state index is 6.58. The van der Waals surface area contributed by atoms with Crippen LogP contribution in [0.1, 0.15) is 25.0 Å². The molecule has 0 saturated carbocycles. The molecule has 0 saturated heterocycles. The fourth-order valence-corrected chi connectivity index (χ4v) is 10.2. The Balaban J connectivity index is 1.04. The number of anilines is 3. The second kappa shape index (κ2) is 11.4. The molecule has 0 radical (unpaired) electrons. The Labute approximate surface area is 333 Å². The molecule has 272 valence electrons. The molecule has 0 aliphatic heterocycles. The van der Waals surface area contributed by atoms with E-state index in [9.17, 15) is 0 Å². The zero-order valence-corrected chi connectivity index (χ0v) is 32.0. The van der Waals surface area contributed by atoms with Gasteiger partial charge in [0.25, 0.3) is 0 Å². The van der Waals surface area contributed by atoms with E-state index in [1.807, 2.05) is 12.1 Å². The largest absolute Gasteiger partial charge is 0.455 e. The van der Waals surface area contributed by atoms with E-state index in [2.05, 4.69) is 183 Å². The summed E-state index contributed by atoms with van der Waals surface area (Å²) in [6, 6.07) is 64.2. The van der Waals surface area contributed by atoms with Gasteiger partial charge in [0.1, 0.15) is 22.3 Å². The Morgan fingerprint density at radius 2 is 0.810 bits per heavy atom. The van der Waals surface area contributed by atoms with Gasteiger partial charge in [0.2, 0.25) is 0 Å². The predicted octanol–water partition coefficient (Wildman–Crippen LogP) is 15.9. The van der Waals surface area contributed by atoms with E-state index >= 15 is 0 Å². The molecule has 0 atom stereocenters. The van der Waals surface area contributed by atoms with Crippen LogP contribution >= 0.6 is 0 Å². The monoisotopic (exact) mass is 741 g/mol. The Morgan fingerprint density at radius 1 is 0.362 bits per heavy atom. The van der Waals surface area contributed by atoms with E-state index in [4.69, 9.17) is 8.83 Å². The van der Waals surface area contributed by atoms with Crippen molar-refractivity contribution in [2.24, 2.45) is 0 Å². The van der Waals surface area contributed by atoms with Crippen molar-refractivity contribution in [1.29, 1.82) is 0 Å². The summed E-state index contributed by atoms with van der Waals surface area (Å²) in [5, 5.41) is 13.9. The van der Waals surface area contributed by atoms with Gasteiger partial charge in [0.05, 0.1) is 0 Å². The van der Waals surface area contributed by atoms with Gasteiger partial charge >= 0.3 is 0 Å². The maximum absolute atomic E-state index is 6.58. The van der Waals surface area contributed by atoms with Crippen LogP contribution in [0, 0.1) is 0 Å². The first-order valence-electron chi connectivity index (χ1n) is 20.1. The fourth-order valence-electron chi connectivity index (χ4n) is 10.2. The third-order valence-corrected chi connectivity index (χ3v) is 13.0. The Kier molecular flexibility index (Phi) is 6.23. The van der Waals surface area contributed by atoms with Crippen molar-refractivity contribution in [3.05, 3.63) is 187 Å². The molecule has 10 aromatic carbocycles. The van der Waals surface area contributed by atoms with E-state index in [1.165, 1.54) is 43.8 Å². The van der Waals surface area contributed by atoms with Gasteiger partial charge in [0, 0.05) is 54.8 Å². The number of nitrogens with zero attached hydrogens (tertiary/aromatic N) is 1. The second-order valence-corrected chi connectivity index (χ2v) is 16.5. The molecule has 58 heavy (non-hydrogen) atoms. The van der Waals surface area contributed by atoms with E-state index in [1.54, 1.807) is 0 Å². The van der Waals surface area contributed by atoms with Gasteiger partial charge in [-0.05, 0) is 115 Å². The first kappa shape index (κ1) is 31.8. The molecule has 3 nitrogen and oxygen atoms in total. The van der Waals surface area contributed by atoms with Crippen molar-refractivity contribution in [2.45, 2.75) is 19.3 Å². The molecule has 12 aromatic rings. The second-order valence-electron chi connectivity index (χ2n) is 16.5. The number of furan rings is 2. The molecule has 2 aromatic heterocycles. The van der Waals surface area contributed by atoms with Crippen molar-refractivity contribution >= 4 is 104 Å². The quantitative estimate of drug-likeness (QED) is 0.169. The van der Waals surface area contributed by atoms with Crippen molar-refractivity contribution in [2.75, 3.05) is 4.90 Å². The highest BCUT2D eigenvalue weighted by molar-refractivity contribution is 6.24. The SMILES string of the molecule is CC1(C)c2ccccc2-c2ccc(N(c3ccc4c(ccc5ccc6c7ccccc7oc6c54)c3)c3ccc4c(ccc5ccc6c7ccccc7oc6c54)c3)cc21. The predicted molar refractivity (Wildman–Crippen MR) is 243 cm³/mol. The summed E-state index contributed by atoms with van der Waals surface area (Å²) in [5.41, 5.74) is 12.2. The summed E-state index contributed by atoms with van der Waals surface area (Å²) in [6.45, 7) is 4.71. The molecular formula is C55H35NO2. The maximum Gasteiger partial charge on any atom is 0.143 e. The third kappa shape index (κ3) is 4.28. The molecule has 1 aliphatic rings. The van der Waals surface area contributed by atoms with Crippen LogP contribution in [-0.2, 0) is 5.41 Å². The first-order valence-corrected chi connectivity index (χ1v) is 20.1. The van der Waals surface area contributed by atoms with Crippen LogP contribution in [-0.4, -0.2) is 0 Å². The van der Waals surface area contributed by atoms with Gasteiger partial charge in [0.15, 0.2) is 0 Å². The Bertz CT molecular complexity index is 3540. The minimum atomic E-state index is -0.131. The molecule has 13 rings (SSSR count). The van der Waals surface area contributed by atoms with Crippen molar-refractivity contribution in [3.63, 3.8) is 0 Å². The molecule has 3 heteroatoms. The van der Waals surface area contributed by atoms with Crippen LogP contribution in [0.5, 0.6) is 0 Å². The number of hydrogen-bond acceptors (Lipinski definition) is 3. The molecule has 2 heterocycles. The van der Waals surface area contributed by atoms with Gasteiger partial charge in [-0.2, -0.15) is 0 Å². The summed E-state index contributed by atoms with van der Waals surface area (Å²) in [7, 11) is 0. The Hall–Kier alpha value is -7.36. The van der Waals surface area contributed by atoms with E-state index in [0.29, 0.717) is 0 Å². The van der Waals surface area contributed by atoms with E-state index < -0.39 is 0 Å². The van der Waals surface area contributed by atoms with Gasteiger partial charge in [-0.3, -0.25) is 0 Å². The van der Waals surface area contributed by atoms with Crippen LogP contribution in [0.3, 0.4) is 0 Å². The topological polar surface area (TPSA) is 29.5 Å². The highest BCUT2D eigenvalue weighted by Gasteiger charge is 2.35. The standard InChI is InChI=1S/C55H35NO2/c1-55(2)47-12-6-3-9-41(47)42-28-23-38(31-48(42)55)56(36-21-26-39-34(29-36)17-15-32-19-24-45-43-10-4-7-13-49(43)57-53(45)51(32)39)37-22-27-40-35(30-37)18-16-33-20-25-46-44-11-5-8-14-50(44)58-54(46)52(33)40/h3-31H,1-2H3. The number of para-hydroxylation sites is 2. The molecular weight excluding hydrogens is 707 g/mol. The summed E-state index contributed by atoms with van der Waals surface area (Å²) in [4.78, 5) is 2.43. The van der Waals surface area contributed by atoms with Crippen LogP contribution in [0.2, 0.25) is 0 Å². The normalized spacial score (nSPS) is 13.5. The molecule has 0 spiro atoms. The van der Waals surface area contributed by atoms with Gasteiger partial charge < -0.3 is 13.7 Å². The van der Waals surface area contributed by atoms with Gasteiger partial charge in [-0.15, -0.1) is 0 Å². The molecule has 0 unspecified atom stereocenters. The number of hydrogen-bond donors (Lipinski definition) is 0. The van der Waals surface area contributed by atoms with Gasteiger partial charge in [-0.1, -0.05) is 129 Å². The summed E-state index contributed by atoms with van der Waals surface area (Å²) in [5.74, 6) is 0. The lowest BCUT2D eigenvalue weighted by Crippen LogP contribution is -2.16. The van der Waals surface area contributed by atoms with E-state index in [-0.39, 0.29) is 5.41 Å². The number of benzene rings is 10. The smallest absolute Gasteiger partial charge is 0.143 e. The molecule has 0 amide bonds. The fraction of sp³-hybridized carbons (Fsp3) is 0.0545. The van der Waals surface area contributed by atoms with Crippen LogP contribution in [0.25, 0.3) is 98.1 Å². The highest BCUT2D eigenvalue weighted by Crippen LogP contribution is 2.51. The lowest BCUT2D eigenvalue weighted by atomic mass is 9.82. The first-order chi connectivity index (χ1) is 28.5. The van der Waals surface area contributed by atoms with Crippen LogP contribution in [0.4, 0.5) is 17.1 Å². The van der Waals surface area contributed by atoms with Crippen molar-refractivity contribution in [1.82, 2.24) is 0 Å². The van der Waals surface area contributed by atoms with Crippen LogP contribution in [0.15, 0.2) is 185 Å². The summed E-state index contributed by atoms with van der Waals surface area (Å²) >= 11 is 0.